The summed E-state index contributed by atoms with van der Waals surface area (Å²) in [5.41, 5.74) is 2.18. The van der Waals surface area contributed by atoms with Gasteiger partial charge in [0.25, 0.3) is 0 Å². The second kappa shape index (κ2) is 10.1. The average Bonchev–Trinajstić information content (AvgIpc) is 2.67. The lowest BCUT2D eigenvalue weighted by Crippen LogP contribution is -2.23. The number of carbonyl (C=O) groups is 2. The molecule has 2 aromatic rings. The van der Waals surface area contributed by atoms with Gasteiger partial charge in [0, 0.05) is 17.0 Å². The van der Waals surface area contributed by atoms with Crippen molar-refractivity contribution in [3.63, 3.8) is 0 Å². The quantitative estimate of drug-likeness (QED) is 0.492. The lowest BCUT2D eigenvalue weighted by molar-refractivity contribution is -0.137. The second-order valence-corrected chi connectivity index (χ2v) is 6.70. The third-order valence-electron chi connectivity index (χ3n) is 3.89. The molecule has 160 valence electrons. The van der Waals surface area contributed by atoms with Crippen LogP contribution in [0.2, 0.25) is 5.02 Å². The zero-order valence-corrected chi connectivity index (χ0v) is 16.9. The topological polar surface area (TPSA) is 79.8 Å². The lowest BCUT2D eigenvalue weighted by Gasteiger charge is -2.12. The summed E-state index contributed by atoms with van der Waals surface area (Å²) in [6.45, 7) is 1.51. The van der Waals surface area contributed by atoms with E-state index in [4.69, 9.17) is 16.3 Å². The number of hydrogen-bond acceptors (Lipinski definition) is 4. The Morgan fingerprint density at radius 2 is 1.83 bits per heavy atom. The molecule has 10 heteroatoms. The van der Waals surface area contributed by atoms with Crippen molar-refractivity contribution in [2.45, 2.75) is 25.9 Å². The van der Waals surface area contributed by atoms with E-state index in [1.807, 2.05) is 0 Å². The third-order valence-corrected chi connectivity index (χ3v) is 4.22. The van der Waals surface area contributed by atoms with Gasteiger partial charge >= 0.3 is 6.18 Å². The molecule has 0 bridgehead atoms. The molecule has 0 aliphatic carbocycles. The number of nitrogens with one attached hydrogen (secondary N) is 2. The van der Waals surface area contributed by atoms with E-state index in [1.165, 1.54) is 20.1 Å². The number of amides is 2. The predicted molar refractivity (Wildman–Crippen MR) is 108 cm³/mol. The Morgan fingerprint density at radius 1 is 1.13 bits per heavy atom. The van der Waals surface area contributed by atoms with Crippen molar-refractivity contribution in [1.82, 2.24) is 5.43 Å². The van der Waals surface area contributed by atoms with Crippen LogP contribution in [0.1, 0.15) is 24.5 Å². The Balaban J connectivity index is 1.92. The van der Waals surface area contributed by atoms with Crippen LogP contribution in [0.4, 0.5) is 18.9 Å². The van der Waals surface area contributed by atoms with Crippen LogP contribution >= 0.6 is 11.6 Å². The molecule has 0 aliphatic rings. The fraction of sp³-hybridized carbons (Fsp3) is 0.250. The van der Waals surface area contributed by atoms with E-state index in [9.17, 15) is 22.8 Å². The number of benzene rings is 2. The van der Waals surface area contributed by atoms with Crippen LogP contribution in [0.15, 0.2) is 47.6 Å². The molecule has 0 aliphatic heterocycles. The Hall–Kier alpha value is -3.07. The number of carbonyl (C=O) groups excluding carboxylic acids is 2. The molecule has 0 spiro atoms. The summed E-state index contributed by atoms with van der Waals surface area (Å²) >= 11 is 5.55. The van der Waals surface area contributed by atoms with E-state index >= 15 is 0 Å². The van der Waals surface area contributed by atoms with Gasteiger partial charge in [0.1, 0.15) is 5.75 Å². The second-order valence-electron chi connectivity index (χ2n) is 6.29. The zero-order chi connectivity index (χ0) is 22.3. The summed E-state index contributed by atoms with van der Waals surface area (Å²) in [5, 5.41) is 5.73. The molecule has 0 unspecified atom stereocenters. The summed E-state index contributed by atoms with van der Waals surface area (Å²) in [5.74, 6) is -0.439. The van der Waals surface area contributed by atoms with Crippen molar-refractivity contribution in [3.05, 3.63) is 58.6 Å². The van der Waals surface area contributed by atoms with Gasteiger partial charge in [-0.3, -0.25) is 9.59 Å². The normalized spacial score (nSPS) is 11.7. The summed E-state index contributed by atoms with van der Waals surface area (Å²) in [6, 6.07) is 10.1. The number of para-hydroxylation sites is 1. The van der Waals surface area contributed by atoms with Crippen LogP contribution < -0.4 is 15.5 Å². The predicted octanol–water partition coefficient (Wildman–Crippen LogP) is 4.43. The number of halogens is 4. The summed E-state index contributed by atoms with van der Waals surface area (Å²) in [6.07, 6.45) is -4.84. The van der Waals surface area contributed by atoms with E-state index in [0.717, 1.165) is 12.1 Å². The van der Waals surface area contributed by atoms with Crippen molar-refractivity contribution in [1.29, 1.82) is 0 Å². The minimum absolute atomic E-state index is 0.0258. The van der Waals surface area contributed by atoms with Crippen molar-refractivity contribution in [2.24, 2.45) is 5.10 Å². The Morgan fingerprint density at radius 3 is 2.50 bits per heavy atom. The third kappa shape index (κ3) is 6.77. The maximum absolute atomic E-state index is 12.9. The SMILES string of the molecule is COc1ccccc1CC(=O)N/N=C(/C)CC(=O)Nc1ccc(Cl)c(C(F)(F)F)c1. The molecule has 6 nitrogen and oxygen atoms in total. The minimum Gasteiger partial charge on any atom is -0.496 e. The van der Waals surface area contributed by atoms with Crippen LogP contribution in [0.3, 0.4) is 0 Å². The molecule has 2 rings (SSSR count). The summed E-state index contributed by atoms with van der Waals surface area (Å²) in [4.78, 5) is 24.1. The van der Waals surface area contributed by atoms with Gasteiger partial charge in [-0.05, 0) is 31.2 Å². The average molecular weight is 442 g/mol. The van der Waals surface area contributed by atoms with Crippen LogP contribution in [0.5, 0.6) is 5.75 Å². The fourth-order valence-corrected chi connectivity index (χ4v) is 2.74. The molecule has 2 N–H and O–H groups in total. The molecule has 0 aromatic heterocycles. The number of methoxy groups -OCH3 is 1. The van der Waals surface area contributed by atoms with Gasteiger partial charge in [-0.15, -0.1) is 0 Å². The molecule has 0 saturated heterocycles. The first-order chi connectivity index (χ1) is 14.1. The van der Waals surface area contributed by atoms with Crippen molar-refractivity contribution < 1.29 is 27.5 Å². The number of nitrogens with zero attached hydrogens (tertiary/aromatic N) is 1. The van der Waals surface area contributed by atoms with E-state index in [1.54, 1.807) is 24.3 Å². The van der Waals surface area contributed by atoms with Crippen molar-refractivity contribution in [2.75, 3.05) is 12.4 Å². The molecule has 30 heavy (non-hydrogen) atoms. The highest BCUT2D eigenvalue weighted by atomic mass is 35.5. The van der Waals surface area contributed by atoms with Gasteiger partial charge in [0.05, 0.1) is 30.5 Å². The summed E-state index contributed by atoms with van der Waals surface area (Å²) < 4.78 is 43.8. The lowest BCUT2D eigenvalue weighted by atomic mass is 10.1. The Bertz CT molecular complexity index is 962. The molecule has 2 aromatic carbocycles. The van der Waals surface area contributed by atoms with Gasteiger partial charge < -0.3 is 10.1 Å². The van der Waals surface area contributed by atoms with E-state index in [2.05, 4.69) is 15.8 Å². The van der Waals surface area contributed by atoms with Crippen molar-refractivity contribution >= 4 is 34.8 Å². The smallest absolute Gasteiger partial charge is 0.417 e. The van der Waals surface area contributed by atoms with Crippen LogP contribution in [-0.2, 0) is 22.2 Å². The van der Waals surface area contributed by atoms with E-state index in [-0.39, 0.29) is 24.2 Å². The van der Waals surface area contributed by atoms with Crippen LogP contribution in [0, 0.1) is 0 Å². The summed E-state index contributed by atoms with van der Waals surface area (Å²) in [7, 11) is 1.50. The number of rotatable bonds is 7. The van der Waals surface area contributed by atoms with Gasteiger partial charge in [0.15, 0.2) is 0 Å². The molecule has 0 fully saturated rings. The highest BCUT2D eigenvalue weighted by Crippen LogP contribution is 2.36. The number of alkyl halides is 3. The standard InChI is InChI=1S/C20H19ClF3N3O3/c1-12(26-27-19(29)10-13-5-3-4-6-17(13)30-2)9-18(28)25-14-7-8-16(21)15(11-14)20(22,23)24/h3-8,11H,9-10H2,1-2H3,(H,25,28)(H,27,29)/b26-12-. The molecule has 0 atom stereocenters. The zero-order valence-electron chi connectivity index (χ0n) is 16.1. The van der Waals surface area contributed by atoms with Crippen LogP contribution in [0.25, 0.3) is 0 Å². The highest BCUT2D eigenvalue weighted by Gasteiger charge is 2.33. The van der Waals surface area contributed by atoms with Gasteiger partial charge in [-0.1, -0.05) is 29.8 Å². The largest absolute Gasteiger partial charge is 0.496 e. The molecule has 2 amide bonds. The van der Waals surface area contributed by atoms with Gasteiger partial charge in [-0.2, -0.15) is 18.3 Å². The molecule has 0 radical (unpaired) electrons. The molecular weight excluding hydrogens is 423 g/mol. The Kier molecular flexibility index (Phi) is 7.82. The maximum Gasteiger partial charge on any atom is 0.417 e. The number of hydrazone groups is 1. The number of anilines is 1. The van der Waals surface area contributed by atoms with Crippen molar-refractivity contribution in [3.8, 4) is 5.75 Å². The molecule has 0 heterocycles. The first-order valence-electron chi connectivity index (χ1n) is 8.70. The minimum atomic E-state index is -4.64. The van der Waals surface area contributed by atoms with E-state index < -0.39 is 28.6 Å². The number of hydrogen-bond donors (Lipinski definition) is 2. The monoisotopic (exact) mass is 441 g/mol. The Labute approximate surface area is 176 Å². The molecule has 0 saturated carbocycles. The van der Waals surface area contributed by atoms with Crippen LogP contribution in [-0.4, -0.2) is 24.6 Å². The maximum atomic E-state index is 12.9. The molecular formula is C20H19ClF3N3O3. The fourth-order valence-electron chi connectivity index (χ4n) is 2.52. The van der Waals surface area contributed by atoms with Gasteiger partial charge in [0.2, 0.25) is 11.8 Å². The van der Waals surface area contributed by atoms with E-state index in [0.29, 0.717) is 11.3 Å². The first kappa shape index (κ1) is 23.2. The first-order valence-corrected chi connectivity index (χ1v) is 9.08. The van der Waals surface area contributed by atoms with Gasteiger partial charge in [-0.25, -0.2) is 5.43 Å². The highest BCUT2D eigenvalue weighted by molar-refractivity contribution is 6.31. The number of ether oxygens (including phenoxy) is 1.